The van der Waals surface area contributed by atoms with Crippen molar-refractivity contribution in [1.29, 1.82) is 0 Å². The van der Waals surface area contributed by atoms with Crippen LogP contribution < -0.4 is 10.3 Å². The number of hydrogen-bond donors (Lipinski definition) is 1. The monoisotopic (exact) mass is 390 g/mol. The molecule has 0 saturated carbocycles. The van der Waals surface area contributed by atoms with Crippen molar-refractivity contribution >= 4 is 27.3 Å². The average Bonchev–Trinajstić information content (AvgIpc) is 2.60. The van der Waals surface area contributed by atoms with Crippen LogP contribution in [0.2, 0.25) is 5.02 Å². The lowest BCUT2D eigenvalue weighted by Crippen LogP contribution is -2.36. The minimum absolute atomic E-state index is 0.0157. The number of ether oxygens (including phenoxy) is 2. The lowest BCUT2D eigenvalue weighted by molar-refractivity contribution is 0.0462. The van der Waals surface area contributed by atoms with Crippen molar-refractivity contribution in [1.82, 2.24) is 9.78 Å². The Kier molecular flexibility index (Phi) is 6.78. The number of aliphatic hydroxyl groups excluding tert-OH is 1. The Morgan fingerprint density at radius 1 is 1.22 bits per heavy atom. The number of rotatable bonds is 7. The topological polar surface area (TPSA) is 73.6 Å². The lowest BCUT2D eigenvalue weighted by atomic mass is 9.61. The van der Waals surface area contributed by atoms with Gasteiger partial charge in [0.05, 0.1) is 24.9 Å². The van der Waals surface area contributed by atoms with E-state index in [1.54, 1.807) is 0 Å². The molecule has 0 fully saturated rings. The first-order chi connectivity index (χ1) is 12.6. The lowest BCUT2D eigenvalue weighted by Gasteiger charge is -2.26. The molecule has 0 atom stereocenters. The smallest absolute Gasteiger partial charge is 0.289 e. The summed E-state index contributed by atoms with van der Waals surface area (Å²) in [6.45, 7) is 6.17. The highest BCUT2D eigenvalue weighted by atomic mass is 35.5. The molecule has 0 unspecified atom stereocenters. The first kappa shape index (κ1) is 21.5. The van der Waals surface area contributed by atoms with Gasteiger partial charge in [-0.3, -0.25) is 4.79 Å². The molecule has 1 heterocycles. The fourth-order valence-corrected chi connectivity index (χ4v) is 2.73. The zero-order valence-corrected chi connectivity index (χ0v) is 17.2. The molecule has 0 aliphatic rings. The van der Waals surface area contributed by atoms with Gasteiger partial charge < -0.3 is 14.6 Å². The standard InChI is InChI=1S/C18H25B2ClN2O4/c1-17(2,3)23-16(25)15(21)14(10-22-23)26-11-12-4-6-13(7-5-12)18(19,20)27-9-8-24/h4-7,10,24H,8-9,11,19-20H2,1-3H3. The maximum Gasteiger partial charge on any atom is 0.289 e. The van der Waals surface area contributed by atoms with E-state index in [0.29, 0.717) is 0 Å². The molecule has 1 aromatic heterocycles. The summed E-state index contributed by atoms with van der Waals surface area (Å²) in [5.41, 5.74) is 1.08. The summed E-state index contributed by atoms with van der Waals surface area (Å²) in [4.78, 5) is 12.3. The third kappa shape index (κ3) is 5.37. The molecule has 0 radical (unpaired) electrons. The van der Waals surface area contributed by atoms with Crippen LogP contribution >= 0.6 is 11.6 Å². The van der Waals surface area contributed by atoms with Crippen LogP contribution in [0.15, 0.2) is 35.3 Å². The second-order valence-electron chi connectivity index (χ2n) is 7.78. The van der Waals surface area contributed by atoms with E-state index in [0.717, 1.165) is 11.1 Å². The molecule has 144 valence electrons. The van der Waals surface area contributed by atoms with Crippen LogP contribution in [0.3, 0.4) is 0 Å². The summed E-state index contributed by atoms with van der Waals surface area (Å²) in [6, 6.07) is 7.76. The van der Waals surface area contributed by atoms with Crippen LogP contribution in [-0.4, -0.2) is 43.8 Å². The van der Waals surface area contributed by atoms with Crippen molar-refractivity contribution in [2.45, 2.75) is 38.3 Å². The average molecular weight is 390 g/mol. The van der Waals surface area contributed by atoms with Crippen molar-refractivity contribution in [3.63, 3.8) is 0 Å². The molecule has 1 aromatic carbocycles. The minimum atomic E-state index is -0.493. The van der Waals surface area contributed by atoms with Gasteiger partial charge in [0.1, 0.15) is 22.3 Å². The highest BCUT2D eigenvalue weighted by Crippen LogP contribution is 2.23. The summed E-state index contributed by atoms with van der Waals surface area (Å²) in [6.07, 6.45) is 1.47. The fourth-order valence-electron chi connectivity index (χ4n) is 2.54. The number of aromatic nitrogens is 2. The summed E-state index contributed by atoms with van der Waals surface area (Å²) < 4.78 is 12.7. The van der Waals surface area contributed by atoms with E-state index in [-0.39, 0.29) is 36.2 Å². The Hall–Kier alpha value is -1.76. The minimum Gasteiger partial charge on any atom is -0.485 e. The van der Waals surface area contributed by atoms with Gasteiger partial charge in [-0.05, 0) is 31.9 Å². The van der Waals surface area contributed by atoms with E-state index < -0.39 is 10.9 Å². The first-order valence-corrected chi connectivity index (χ1v) is 9.19. The summed E-state index contributed by atoms with van der Waals surface area (Å²) in [5.74, 6) is 0.262. The number of nitrogens with zero attached hydrogens (tertiary/aromatic N) is 2. The largest absolute Gasteiger partial charge is 0.485 e. The highest BCUT2D eigenvalue weighted by molar-refractivity contribution is 6.38. The Morgan fingerprint density at radius 3 is 2.41 bits per heavy atom. The van der Waals surface area contributed by atoms with Crippen LogP contribution in [0.4, 0.5) is 0 Å². The molecule has 0 spiro atoms. The molecule has 0 saturated heterocycles. The normalized spacial score (nSPS) is 12.2. The van der Waals surface area contributed by atoms with Gasteiger partial charge in [-0.15, -0.1) is 0 Å². The molecule has 1 N–H and O–H groups in total. The third-order valence-electron chi connectivity index (χ3n) is 4.12. The molecule has 0 amide bonds. The quantitative estimate of drug-likeness (QED) is 0.702. The predicted octanol–water partition coefficient (Wildman–Crippen LogP) is 0.616. The second kappa shape index (κ2) is 8.50. The van der Waals surface area contributed by atoms with Gasteiger partial charge in [-0.2, -0.15) is 5.10 Å². The molecule has 0 aliphatic heterocycles. The number of benzene rings is 1. The van der Waals surface area contributed by atoms with Crippen molar-refractivity contribution in [2.24, 2.45) is 0 Å². The molecule has 0 aliphatic carbocycles. The number of halogens is 1. The van der Waals surface area contributed by atoms with Crippen LogP contribution in [-0.2, 0) is 22.3 Å². The Morgan fingerprint density at radius 2 is 1.85 bits per heavy atom. The van der Waals surface area contributed by atoms with Gasteiger partial charge in [-0.1, -0.05) is 35.9 Å². The van der Waals surface area contributed by atoms with Crippen molar-refractivity contribution in [2.75, 3.05) is 13.2 Å². The van der Waals surface area contributed by atoms with Gasteiger partial charge in [0, 0.05) is 5.40 Å². The van der Waals surface area contributed by atoms with Crippen LogP contribution in [0.1, 0.15) is 31.9 Å². The zero-order valence-electron chi connectivity index (χ0n) is 16.5. The second-order valence-corrected chi connectivity index (χ2v) is 8.16. The third-order valence-corrected chi connectivity index (χ3v) is 4.47. The SMILES string of the molecule is BC(B)(OCCO)c1ccc(COc2cnn(C(C)(C)C)c(=O)c2Cl)cc1. The molecular weight excluding hydrogens is 365 g/mol. The molecule has 0 bridgehead atoms. The molecule has 6 nitrogen and oxygen atoms in total. The van der Waals surface area contributed by atoms with Gasteiger partial charge in [0.2, 0.25) is 0 Å². The number of aliphatic hydroxyl groups is 1. The molecule has 9 heteroatoms. The first-order valence-electron chi connectivity index (χ1n) is 8.81. The van der Waals surface area contributed by atoms with E-state index in [2.05, 4.69) is 5.10 Å². The van der Waals surface area contributed by atoms with E-state index >= 15 is 0 Å². The predicted molar refractivity (Wildman–Crippen MR) is 111 cm³/mol. The van der Waals surface area contributed by atoms with Crippen molar-refractivity contribution < 1.29 is 14.6 Å². The van der Waals surface area contributed by atoms with Crippen LogP contribution in [0, 0.1) is 0 Å². The molecule has 27 heavy (non-hydrogen) atoms. The highest BCUT2D eigenvalue weighted by Gasteiger charge is 2.21. The van der Waals surface area contributed by atoms with Gasteiger partial charge in [-0.25, -0.2) is 4.68 Å². The van der Waals surface area contributed by atoms with Crippen molar-refractivity contribution in [3.05, 3.63) is 57.0 Å². The molecular formula is C18H25B2ClN2O4. The van der Waals surface area contributed by atoms with Crippen LogP contribution in [0.5, 0.6) is 5.75 Å². The number of hydrogen-bond acceptors (Lipinski definition) is 5. The Balaban J connectivity index is 2.09. The fraction of sp³-hybridized carbons (Fsp3) is 0.444. The van der Waals surface area contributed by atoms with Gasteiger partial charge in [0.15, 0.2) is 10.8 Å². The van der Waals surface area contributed by atoms with Gasteiger partial charge in [0.25, 0.3) is 5.56 Å². The van der Waals surface area contributed by atoms with E-state index in [1.165, 1.54) is 10.9 Å². The van der Waals surface area contributed by atoms with E-state index in [4.69, 9.17) is 26.2 Å². The summed E-state index contributed by atoms with van der Waals surface area (Å²) >= 11 is 6.17. The van der Waals surface area contributed by atoms with Crippen LogP contribution in [0.25, 0.3) is 0 Å². The Labute approximate surface area is 166 Å². The molecule has 2 rings (SSSR count). The van der Waals surface area contributed by atoms with Gasteiger partial charge >= 0.3 is 0 Å². The zero-order chi connectivity index (χ0) is 20.2. The summed E-state index contributed by atoms with van der Waals surface area (Å²) in [5, 5.41) is 12.6. The van der Waals surface area contributed by atoms with E-state index in [9.17, 15) is 4.79 Å². The maximum absolute atomic E-state index is 12.3. The molecule has 2 aromatic rings. The van der Waals surface area contributed by atoms with Crippen molar-refractivity contribution in [3.8, 4) is 5.75 Å². The Bertz CT molecular complexity index is 833. The maximum atomic E-state index is 12.3. The van der Waals surface area contributed by atoms with E-state index in [1.807, 2.05) is 60.7 Å². The summed E-state index contributed by atoms with van der Waals surface area (Å²) in [7, 11) is 3.90.